The van der Waals surface area contributed by atoms with Gasteiger partial charge in [0.25, 0.3) is 5.69 Å². The Kier molecular flexibility index (Phi) is 5.80. The molecule has 0 aliphatic carbocycles. The first-order valence-electron chi connectivity index (χ1n) is 6.60. The highest BCUT2D eigenvalue weighted by Crippen LogP contribution is 2.32. The van der Waals surface area contributed by atoms with Crippen LogP contribution < -0.4 is 5.32 Å². The van der Waals surface area contributed by atoms with Crippen LogP contribution in [0.25, 0.3) is 0 Å². The number of aliphatic hydroxyl groups is 2. The molecule has 1 aromatic carbocycles. The Balaban J connectivity index is 2.98. The molecule has 0 saturated carbocycles. The van der Waals surface area contributed by atoms with Gasteiger partial charge in [-0.2, -0.15) is 0 Å². The van der Waals surface area contributed by atoms with Crippen LogP contribution in [0.5, 0.6) is 0 Å². The average Bonchev–Trinajstić information content (AvgIpc) is 2.36. The molecule has 116 valence electrons. The minimum atomic E-state index is -1.38. The third-order valence-electron chi connectivity index (χ3n) is 3.18. The number of nitrogens with zero attached hydrogens (tertiary/aromatic N) is 1. The summed E-state index contributed by atoms with van der Waals surface area (Å²) in [4.78, 5) is 21.3. The zero-order valence-electron chi connectivity index (χ0n) is 12.3. The summed E-state index contributed by atoms with van der Waals surface area (Å²) in [6.07, 6.45) is -2.47. The van der Waals surface area contributed by atoms with Gasteiger partial charge in [-0.25, -0.2) is 0 Å². The van der Waals surface area contributed by atoms with Crippen LogP contribution in [0.3, 0.4) is 0 Å². The molecule has 0 aromatic heterocycles. The standard InChI is InChI=1S/C14H20N2O5/c1-8-6-9(2)13(11(7-8)16(20)21)14(19)12(18)4-5-15-10(3)17/h6-7,12,14,18-19H,4-5H2,1-3H3,(H,15,17). The molecular formula is C14H20N2O5. The fourth-order valence-electron chi connectivity index (χ4n) is 2.24. The molecule has 0 spiro atoms. The molecule has 2 atom stereocenters. The van der Waals surface area contributed by atoms with Crippen LogP contribution in [0.1, 0.15) is 36.1 Å². The summed E-state index contributed by atoms with van der Waals surface area (Å²) in [5, 5.41) is 33.8. The summed E-state index contributed by atoms with van der Waals surface area (Å²) < 4.78 is 0. The lowest BCUT2D eigenvalue weighted by molar-refractivity contribution is -0.386. The maximum absolute atomic E-state index is 11.1. The monoisotopic (exact) mass is 296 g/mol. The van der Waals surface area contributed by atoms with Crippen molar-refractivity contribution in [3.05, 3.63) is 38.9 Å². The molecular weight excluding hydrogens is 276 g/mol. The van der Waals surface area contributed by atoms with Gasteiger partial charge in [0, 0.05) is 19.5 Å². The Labute approximate surface area is 122 Å². The Bertz CT molecular complexity index is 544. The van der Waals surface area contributed by atoms with Crippen molar-refractivity contribution >= 4 is 11.6 Å². The zero-order valence-corrected chi connectivity index (χ0v) is 12.3. The lowest BCUT2D eigenvalue weighted by atomic mass is 9.94. The topological polar surface area (TPSA) is 113 Å². The second kappa shape index (κ2) is 7.14. The first kappa shape index (κ1) is 17.1. The summed E-state index contributed by atoms with van der Waals surface area (Å²) in [6, 6.07) is 3.08. The van der Waals surface area contributed by atoms with Gasteiger partial charge in [0.05, 0.1) is 16.6 Å². The van der Waals surface area contributed by atoms with E-state index in [-0.39, 0.29) is 30.1 Å². The Morgan fingerprint density at radius 1 is 1.38 bits per heavy atom. The van der Waals surface area contributed by atoms with Gasteiger partial charge in [0.1, 0.15) is 6.10 Å². The number of nitrogens with one attached hydrogen (secondary N) is 1. The largest absolute Gasteiger partial charge is 0.390 e. The Morgan fingerprint density at radius 3 is 2.52 bits per heavy atom. The number of aliphatic hydroxyl groups excluding tert-OH is 2. The van der Waals surface area contributed by atoms with E-state index in [9.17, 15) is 25.1 Å². The van der Waals surface area contributed by atoms with Crippen molar-refractivity contribution in [3.63, 3.8) is 0 Å². The normalized spacial score (nSPS) is 13.6. The molecule has 0 heterocycles. The number of hydrogen-bond donors (Lipinski definition) is 3. The molecule has 2 unspecified atom stereocenters. The molecule has 7 heteroatoms. The van der Waals surface area contributed by atoms with Crippen LogP contribution in [-0.2, 0) is 4.79 Å². The summed E-state index contributed by atoms with van der Waals surface area (Å²) in [5.74, 6) is -0.241. The SMILES string of the molecule is CC(=O)NCCC(O)C(O)c1c(C)cc(C)cc1[N+](=O)[O-]. The van der Waals surface area contributed by atoms with Crippen LogP contribution in [0.4, 0.5) is 5.69 Å². The molecule has 0 fully saturated rings. The lowest BCUT2D eigenvalue weighted by Gasteiger charge is -2.20. The minimum Gasteiger partial charge on any atom is -0.390 e. The summed E-state index contributed by atoms with van der Waals surface area (Å²) >= 11 is 0. The van der Waals surface area contributed by atoms with Crippen LogP contribution >= 0.6 is 0 Å². The highest BCUT2D eigenvalue weighted by molar-refractivity contribution is 5.72. The quantitative estimate of drug-likeness (QED) is 0.538. The van der Waals surface area contributed by atoms with E-state index in [1.807, 2.05) is 0 Å². The molecule has 3 N–H and O–H groups in total. The van der Waals surface area contributed by atoms with E-state index in [0.29, 0.717) is 11.1 Å². The predicted molar refractivity (Wildman–Crippen MR) is 76.8 cm³/mol. The first-order valence-corrected chi connectivity index (χ1v) is 6.60. The number of nitro groups is 1. The molecule has 0 aliphatic heterocycles. The van der Waals surface area contributed by atoms with Crippen LogP contribution in [0, 0.1) is 24.0 Å². The van der Waals surface area contributed by atoms with Crippen molar-refractivity contribution < 1.29 is 19.9 Å². The van der Waals surface area contributed by atoms with E-state index in [4.69, 9.17) is 0 Å². The highest BCUT2D eigenvalue weighted by Gasteiger charge is 2.28. The summed E-state index contributed by atoms with van der Waals surface area (Å²) in [7, 11) is 0. The van der Waals surface area contributed by atoms with E-state index in [1.54, 1.807) is 19.9 Å². The molecule has 21 heavy (non-hydrogen) atoms. The van der Waals surface area contributed by atoms with Crippen molar-refractivity contribution in [2.45, 2.75) is 39.4 Å². The van der Waals surface area contributed by atoms with Crippen molar-refractivity contribution in [2.24, 2.45) is 0 Å². The third kappa shape index (κ3) is 4.51. The molecule has 0 bridgehead atoms. The van der Waals surface area contributed by atoms with Crippen molar-refractivity contribution in [3.8, 4) is 0 Å². The van der Waals surface area contributed by atoms with Gasteiger partial charge in [-0.05, 0) is 31.4 Å². The number of carbonyl (C=O) groups excluding carboxylic acids is 1. The van der Waals surface area contributed by atoms with Crippen LogP contribution in [-0.4, -0.2) is 33.7 Å². The number of carbonyl (C=O) groups is 1. The molecule has 1 aromatic rings. The molecule has 0 saturated heterocycles. The number of amides is 1. The maximum Gasteiger partial charge on any atom is 0.275 e. The van der Waals surface area contributed by atoms with Gasteiger partial charge in [-0.3, -0.25) is 14.9 Å². The first-order chi connectivity index (χ1) is 9.73. The van der Waals surface area contributed by atoms with Crippen LogP contribution in [0.15, 0.2) is 12.1 Å². The summed E-state index contributed by atoms with van der Waals surface area (Å²) in [6.45, 7) is 4.91. The zero-order chi connectivity index (χ0) is 16.2. The number of nitro benzene ring substituents is 1. The third-order valence-corrected chi connectivity index (χ3v) is 3.18. The van der Waals surface area contributed by atoms with Gasteiger partial charge < -0.3 is 15.5 Å². The van der Waals surface area contributed by atoms with Gasteiger partial charge in [0.2, 0.25) is 5.91 Å². The molecule has 0 aliphatic rings. The smallest absolute Gasteiger partial charge is 0.275 e. The molecule has 1 amide bonds. The van der Waals surface area contributed by atoms with E-state index in [1.165, 1.54) is 13.0 Å². The number of aryl methyl sites for hydroxylation is 2. The highest BCUT2D eigenvalue weighted by atomic mass is 16.6. The van der Waals surface area contributed by atoms with Gasteiger partial charge in [-0.15, -0.1) is 0 Å². The Morgan fingerprint density at radius 2 is 2.00 bits per heavy atom. The number of hydrogen-bond acceptors (Lipinski definition) is 5. The summed E-state index contributed by atoms with van der Waals surface area (Å²) in [5.41, 5.74) is 1.16. The fraction of sp³-hybridized carbons (Fsp3) is 0.500. The lowest BCUT2D eigenvalue weighted by Crippen LogP contribution is -2.28. The van der Waals surface area contributed by atoms with Crippen molar-refractivity contribution in [1.82, 2.24) is 5.32 Å². The number of benzene rings is 1. The minimum absolute atomic E-state index is 0.102. The maximum atomic E-state index is 11.1. The number of rotatable bonds is 6. The van der Waals surface area contributed by atoms with E-state index >= 15 is 0 Å². The van der Waals surface area contributed by atoms with E-state index < -0.39 is 17.1 Å². The second-order valence-corrected chi connectivity index (χ2v) is 5.06. The van der Waals surface area contributed by atoms with Gasteiger partial charge in [-0.1, -0.05) is 6.07 Å². The molecule has 0 radical (unpaired) electrons. The van der Waals surface area contributed by atoms with E-state index in [0.717, 1.165) is 0 Å². The van der Waals surface area contributed by atoms with Crippen LogP contribution in [0.2, 0.25) is 0 Å². The molecule has 7 nitrogen and oxygen atoms in total. The van der Waals surface area contributed by atoms with Gasteiger partial charge in [0.15, 0.2) is 0 Å². The fourth-order valence-corrected chi connectivity index (χ4v) is 2.24. The Hall–Kier alpha value is -1.99. The van der Waals surface area contributed by atoms with E-state index in [2.05, 4.69) is 5.32 Å². The van der Waals surface area contributed by atoms with Crippen molar-refractivity contribution in [2.75, 3.05) is 6.54 Å². The van der Waals surface area contributed by atoms with Gasteiger partial charge >= 0.3 is 0 Å². The average molecular weight is 296 g/mol. The predicted octanol–water partition coefficient (Wildman–Crippen LogP) is 1.13. The second-order valence-electron chi connectivity index (χ2n) is 5.06. The molecule has 1 rings (SSSR count). The van der Waals surface area contributed by atoms with Crippen molar-refractivity contribution in [1.29, 1.82) is 0 Å².